The Morgan fingerprint density at radius 1 is 1.33 bits per heavy atom. The molecule has 0 radical (unpaired) electrons. The van der Waals surface area contributed by atoms with Crippen molar-refractivity contribution in [1.82, 2.24) is 5.43 Å². The molecule has 0 bridgehead atoms. The second-order valence-electron chi connectivity index (χ2n) is 4.70. The highest BCUT2D eigenvalue weighted by Crippen LogP contribution is 2.20. The van der Waals surface area contributed by atoms with E-state index in [1.807, 2.05) is 0 Å². The highest BCUT2D eigenvalue weighted by Gasteiger charge is 2.16. The molecule has 96 valence electrons. The molecule has 0 saturated heterocycles. The summed E-state index contributed by atoms with van der Waals surface area (Å²) in [5, 5.41) is 4.87. The molecule has 1 atom stereocenters. The van der Waals surface area contributed by atoms with Crippen molar-refractivity contribution in [3.8, 4) is 0 Å². The van der Waals surface area contributed by atoms with Crippen molar-refractivity contribution in [3.63, 3.8) is 0 Å². The third-order valence-electron chi connectivity index (χ3n) is 3.30. The summed E-state index contributed by atoms with van der Waals surface area (Å²) < 4.78 is 0. The fourth-order valence-electron chi connectivity index (χ4n) is 2.12. The predicted molar refractivity (Wildman–Crippen MR) is 74.0 cm³/mol. The molecule has 1 aromatic carbocycles. The SMILES string of the molecule is CC1CCCCC1=NNC(=O)c1ccc(Cl)cc1. The molecule has 18 heavy (non-hydrogen) atoms. The van der Waals surface area contributed by atoms with Gasteiger partial charge in [0.05, 0.1) is 0 Å². The largest absolute Gasteiger partial charge is 0.271 e. The van der Waals surface area contributed by atoms with Crippen molar-refractivity contribution in [2.24, 2.45) is 11.0 Å². The number of benzene rings is 1. The highest BCUT2D eigenvalue weighted by molar-refractivity contribution is 6.30. The summed E-state index contributed by atoms with van der Waals surface area (Å²) in [6.07, 6.45) is 4.57. The van der Waals surface area contributed by atoms with Gasteiger partial charge in [0.2, 0.25) is 0 Å². The molecule has 1 aliphatic carbocycles. The van der Waals surface area contributed by atoms with E-state index in [1.54, 1.807) is 24.3 Å². The number of hydrogen-bond acceptors (Lipinski definition) is 2. The maximum absolute atomic E-state index is 11.8. The lowest BCUT2D eigenvalue weighted by molar-refractivity contribution is 0.0954. The first kappa shape index (κ1) is 13.1. The normalized spacial score (nSPS) is 21.9. The maximum Gasteiger partial charge on any atom is 0.271 e. The van der Waals surface area contributed by atoms with E-state index < -0.39 is 0 Å². The summed E-state index contributed by atoms with van der Waals surface area (Å²) in [6, 6.07) is 6.80. The van der Waals surface area contributed by atoms with E-state index in [0.717, 1.165) is 18.6 Å². The van der Waals surface area contributed by atoms with Crippen molar-refractivity contribution in [2.75, 3.05) is 0 Å². The molecule has 1 aromatic rings. The summed E-state index contributed by atoms with van der Waals surface area (Å²) in [5.74, 6) is 0.293. The average molecular weight is 265 g/mol. The summed E-state index contributed by atoms with van der Waals surface area (Å²) >= 11 is 5.78. The van der Waals surface area contributed by atoms with Gasteiger partial charge in [0.25, 0.3) is 5.91 Å². The lowest BCUT2D eigenvalue weighted by Crippen LogP contribution is -2.24. The number of rotatable bonds is 2. The molecular formula is C14H17ClN2O. The van der Waals surface area contributed by atoms with Crippen LogP contribution in [-0.2, 0) is 0 Å². The Morgan fingerprint density at radius 2 is 2.06 bits per heavy atom. The van der Waals surface area contributed by atoms with E-state index in [1.165, 1.54) is 12.8 Å². The van der Waals surface area contributed by atoms with Gasteiger partial charge in [-0.05, 0) is 49.4 Å². The quantitative estimate of drug-likeness (QED) is 0.814. The molecular weight excluding hydrogens is 248 g/mol. The molecule has 1 N–H and O–H groups in total. The van der Waals surface area contributed by atoms with Gasteiger partial charge in [0, 0.05) is 16.3 Å². The third kappa shape index (κ3) is 3.33. The van der Waals surface area contributed by atoms with Crippen LogP contribution in [0.4, 0.5) is 0 Å². The minimum Gasteiger partial charge on any atom is -0.267 e. The molecule has 1 amide bonds. The number of amides is 1. The van der Waals surface area contributed by atoms with Crippen molar-refractivity contribution >= 4 is 23.2 Å². The summed E-state index contributed by atoms with van der Waals surface area (Å²) in [7, 11) is 0. The maximum atomic E-state index is 11.8. The van der Waals surface area contributed by atoms with Gasteiger partial charge in [0.1, 0.15) is 0 Å². The molecule has 1 saturated carbocycles. The standard InChI is InChI=1S/C14H17ClN2O/c1-10-4-2-3-5-13(10)16-17-14(18)11-6-8-12(15)9-7-11/h6-10H,2-5H2,1H3,(H,17,18). The van der Waals surface area contributed by atoms with Gasteiger partial charge in [-0.3, -0.25) is 4.79 Å². The minimum atomic E-state index is -0.183. The molecule has 1 aliphatic rings. The molecule has 1 unspecified atom stereocenters. The van der Waals surface area contributed by atoms with Crippen LogP contribution < -0.4 is 5.43 Å². The van der Waals surface area contributed by atoms with Crippen LogP contribution in [0.5, 0.6) is 0 Å². The van der Waals surface area contributed by atoms with E-state index in [9.17, 15) is 4.79 Å². The summed E-state index contributed by atoms with van der Waals surface area (Å²) in [5.41, 5.74) is 4.30. The van der Waals surface area contributed by atoms with Crippen LogP contribution in [0.15, 0.2) is 29.4 Å². The lowest BCUT2D eigenvalue weighted by atomic mass is 9.89. The number of halogens is 1. The van der Waals surface area contributed by atoms with Gasteiger partial charge in [-0.15, -0.1) is 0 Å². The van der Waals surface area contributed by atoms with Crippen LogP contribution in [0, 0.1) is 5.92 Å². The minimum absolute atomic E-state index is 0.183. The molecule has 2 rings (SSSR count). The first-order valence-electron chi connectivity index (χ1n) is 6.29. The zero-order chi connectivity index (χ0) is 13.0. The first-order valence-corrected chi connectivity index (χ1v) is 6.67. The second-order valence-corrected chi connectivity index (χ2v) is 5.13. The Labute approximate surface area is 112 Å². The van der Waals surface area contributed by atoms with E-state index in [2.05, 4.69) is 17.5 Å². The van der Waals surface area contributed by atoms with Gasteiger partial charge in [-0.1, -0.05) is 24.9 Å². The van der Waals surface area contributed by atoms with E-state index >= 15 is 0 Å². The average Bonchev–Trinajstić information content (AvgIpc) is 2.38. The Hall–Kier alpha value is -1.35. The monoisotopic (exact) mass is 264 g/mol. The Kier molecular flexibility index (Phi) is 4.37. The van der Waals surface area contributed by atoms with E-state index in [0.29, 0.717) is 16.5 Å². The van der Waals surface area contributed by atoms with Crippen LogP contribution in [-0.4, -0.2) is 11.6 Å². The topological polar surface area (TPSA) is 41.5 Å². The van der Waals surface area contributed by atoms with Crippen molar-refractivity contribution < 1.29 is 4.79 Å². The number of nitrogens with one attached hydrogen (secondary N) is 1. The van der Waals surface area contributed by atoms with E-state index in [4.69, 9.17) is 11.6 Å². The van der Waals surface area contributed by atoms with Gasteiger partial charge in [-0.2, -0.15) is 5.10 Å². The smallest absolute Gasteiger partial charge is 0.267 e. The Morgan fingerprint density at radius 3 is 2.72 bits per heavy atom. The molecule has 0 spiro atoms. The van der Waals surface area contributed by atoms with Gasteiger partial charge in [0.15, 0.2) is 0 Å². The zero-order valence-electron chi connectivity index (χ0n) is 10.4. The molecule has 3 nitrogen and oxygen atoms in total. The van der Waals surface area contributed by atoms with Gasteiger partial charge >= 0.3 is 0 Å². The summed E-state index contributed by atoms with van der Waals surface area (Å²) in [6.45, 7) is 2.16. The number of hydrazone groups is 1. The lowest BCUT2D eigenvalue weighted by Gasteiger charge is -2.19. The van der Waals surface area contributed by atoms with Crippen LogP contribution >= 0.6 is 11.6 Å². The zero-order valence-corrected chi connectivity index (χ0v) is 11.2. The molecule has 0 heterocycles. The van der Waals surface area contributed by atoms with Crippen LogP contribution in [0.25, 0.3) is 0 Å². The molecule has 1 fully saturated rings. The number of carbonyl (C=O) groups excluding carboxylic acids is 1. The fraction of sp³-hybridized carbons (Fsp3) is 0.429. The number of hydrogen-bond donors (Lipinski definition) is 1. The van der Waals surface area contributed by atoms with Gasteiger partial charge in [-0.25, -0.2) is 5.43 Å². The Bertz CT molecular complexity index is 453. The third-order valence-corrected chi connectivity index (χ3v) is 3.55. The van der Waals surface area contributed by atoms with Crippen LogP contribution in [0.3, 0.4) is 0 Å². The fourth-order valence-corrected chi connectivity index (χ4v) is 2.25. The van der Waals surface area contributed by atoms with Crippen molar-refractivity contribution in [3.05, 3.63) is 34.9 Å². The molecule has 4 heteroatoms. The number of carbonyl (C=O) groups is 1. The summed E-state index contributed by atoms with van der Waals surface area (Å²) in [4.78, 5) is 11.8. The van der Waals surface area contributed by atoms with Crippen molar-refractivity contribution in [2.45, 2.75) is 32.6 Å². The van der Waals surface area contributed by atoms with E-state index in [-0.39, 0.29) is 5.91 Å². The highest BCUT2D eigenvalue weighted by atomic mass is 35.5. The molecule has 0 aromatic heterocycles. The number of nitrogens with zero attached hydrogens (tertiary/aromatic N) is 1. The van der Waals surface area contributed by atoms with Crippen molar-refractivity contribution in [1.29, 1.82) is 0 Å². The Balaban J connectivity index is 1.99. The first-order chi connectivity index (χ1) is 8.66. The van der Waals surface area contributed by atoms with Gasteiger partial charge < -0.3 is 0 Å². The second kappa shape index (κ2) is 6.01. The predicted octanol–water partition coefficient (Wildman–Crippen LogP) is 3.64. The van der Waals surface area contributed by atoms with Crippen LogP contribution in [0.2, 0.25) is 5.02 Å². The molecule has 0 aliphatic heterocycles. The van der Waals surface area contributed by atoms with Crippen LogP contribution in [0.1, 0.15) is 43.0 Å².